The van der Waals surface area contributed by atoms with Crippen molar-refractivity contribution >= 4 is 51.6 Å². The molecule has 1 aliphatic heterocycles. The van der Waals surface area contributed by atoms with Crippen molar-refractivity contribution in [3.05, 3.63) is 50.7 Å². The maximum absolute atomic E-state index is 12.0. The van der Waals surface area contributed by atoms with E-state index in [4.69, 9.17) is 17.0 Å². The van der Waals surface area contributed by atoms with Crippen LogP contribution >= 0.6 is 23.6 Å². The fraction of sp³-hybridized carbons (Fsp3) is 0.250. The lowest BCUT2D eigenvalue weighted by Gasteiger charge is -2.28. The molecule has 0 unspecified atom stereocenters. The van der Waals surface area contributed by atoms with Crippen molar-refractivity contribution in [1.29, 1.82) is 0 Å². The van der Waals surface area contributed by atoms with Gasteiger partial charge in [-0.2, -0.15) is 0 Å². The molecule has 3 rings (SSSR count). The van der Waals surface area contributed by atoms with Gasteiger partial charge in [0, 0.05) is 24.8 Å². The van der Waals surface area contributed by atoms with Gasteiger partial charge in [0.1, 0.15) is 5.69 Å². The van der Waals surface area contributed by atoms with Crippen LogP contribution in [0.15, 0.2) is 35.7 Å². The molecule has 2 N–H and O–H groups in total. The minimum absolute atomic E-state index is 0.0238. The molecule has 2 heterocycles. The summed E-state index contributed by atoms with van der Waals surface area (Å²) in [6.45, 7) is 2.28. The van der Waals surface area contributed by atoms with Gasteiger partial charge in [-0.05, 0) is 35.8 Å². The number of amides is 1. The van der Waals surface area contributed by atoms with E-state index in [2.05, 4.69) is 10.6 Å². The molecule has 0 atom stereocenters. The highest BCUT2D eigenvalue weighted by Crippen LogP contribution is 2.31. The van der Waals surface area contributed by atoms with Crippen LogP contribution in [0.4, 0.5) is 17.1 Å². The number of hydrogen-bond acceptors (Lipinski definition) is 7. The van der Waals surface area contributed by atoms with Gasteiger partial charge in [-0.3, -0.25) is 20.2 Å². The number of nitrogens with zero attached hydrogens (tertiary/aromatic N) is 2. The van der Waals surface area contributed by atoms with Gasteiger partial charge in [-0.15, -0.1) is 11.3 Å². The van der Waals surface area contributed by atoms with Crippen LogP contribution in [0.1, 0.15) is 9.67 Å². The zero-order valence-electron chi connectivity index (χ0n) is 13.6. The molecule has 0 radical (unpaired) electrons. The zero-order chi connectivity index (χ0) is 18.5. The number of carbonyl (C=O) groups is 1. The first-order chi connectivity index (χ1) is 12.5. The third-order valence-electron chi connectivity index (χ3n) is 3.75. The first kappa shape index (κ1) is 18.2. The molecule has 0 spiro atoms. The standard InChI is InChI=1S/C16H16N4O4S2/c21-15(14-2-1-9-26-14)18-16(25)17-11-3-4-12(13(10-11)20(22)23)19-5-7-24-8-6-19/h1-4,9-10H,5-8H2,(H2,17,18,21,25). The van der Waals surface area contributed by atoms with Gasteiger partial charge < -0.3 is 15.0 Å². The van der Waals surface area contributed by atoms with Crippen molar-refractivity contribution in [3.8, 4) is 0 Å². The Morgan fingerprint density at radius 1 is 1.31 bits per heavy atom. The van der Waals surface area contributed by atoms with E-state index < -0.39 is 4.92 Å². The summed E-state index contributed by atoms with van der Waals surface area (Å²) in [7, 11) is 0. The predicted molar refractivity (Wildman–Crippen MR) is 104 cm³/mol. The van der Waals surface area contributed by atoms with Gasteiger partial charge >= 0.3 is 0 Å². The Kier molecular flexibility index (Phi) is 5.76. The lowest BCUT2D eigenvalue weighted by molar-refractivity contribution is -0.384. The number of thiophene rings is 1. The second-order valence-electron chi connectivity index (χ2n) is 5.45. The molecule has 136 valence electrons. The number of rotatable bonds is 4. The van der Waals surface area contributed by atoms with Crippen LogP contribution in [0, 0.1) is 10.1 Å². The Bertz CT molecular complexity index is 820. The molecular formula is C16H16N4O4S2. The summed E-state index contributed by atoms with van der Waals surface area (Å²) in [5, 5.41) is 18.7. The Hall–Kier alpha value is -2.56. The summed E-state index contributed by atoms with van der Waals surface area (Å²) < 4.78 is 5.29. The van der Waals surface area contributed by atoms with Crippen LogP contribution in [0.5, 0.6) is 0 Å². The van der Waals surface area contributed by atoms with Gasteiger partial charge in [0.25, 0.3) is 11.6 Å². The third-order valence-corrected chi connectivity index (χ3v) is 4.83. The molecule has 10 heteroatoms. The van der Waals surface area contributed by atoms with Crippen LogP contribution in [-0.2, 0) is 4.74 Å². The van der Waals surface area contributed by atoms with Crippen LogP contribution in [0.3, 0.4) is 0 Å². The number of nitro benzene ring substituents is 1. The maximum Gasteiger partial charge on any atom is 0.294 e. The number of hydrogen-bond donors (Lipinski definition) is 2. The Balaban J connectivity index is 1.71. The molecule has 8 nitrogen and oxygen atoms in total. The molecule has 1 aromatic carbocycles. The summed E-state index contributed by atoms with van der Waals surface area (Å²) in [5.74, 6) is -0.322. The summed E-state index contributed by atoms with van der Waals surface area (Å²) >= 11 is 6.42. The van der Waals surface area contributed by atoms with Crippen molar-refractivity contribution in [2.45, 2.75) is 0 Å². The lowest BCUT2D eigenvalue weighted by Crippen LogP contribution is -2.36. The zero-order valence-corrected chi connectivity index (χ0v) is 15.3. The number of benzene rings is 1. The average molecular weight is 392 g/mol. The molecule has 1 saturated heterocycles. The number of anilines is 2. The second-order valence-corrected chi connectivity index (χ2v) is 6.80. The van der Waals surface area contributed by atoms with Crippen molar-refractivity contribution < 1.29 is 14.5 Å². The third kappa shape index (κ3) is 4.34. The number of ether oxygens (including phenoxy) is 1. The van der Waals surface area contributed by atoms with Crippen molar-refractivity contribution in [3.63, 3.8) is 0 Å². The molecule has 1 aromatic heterocycles. The largest absolute Gasteiger partial charge is 0.378 e. The van der Waals surface area contributed by atoms with Crippen molar-refractivity contribution in [1.82, 2.24) is 5.32 Å². The van der Waals surface area contributed by atoms with E-state index >= 15 is 0 Å². The van der Waals surface area contributed by atoms with Gasteiger partial charge in [0.15, 0.2) is 5.11 Å². The smallest absolute Gasteiger partial charge is 0.294 e. The highest BCUT2D eigenvalue weighted by molar-refractivity contribution is 7.80. The van der Waals surface area contributed by atoms with Crippen LogP contribution < -0.4 is 15.5 Å². The Labute approximate surface area is 158 Å². The Morgan fingerprint density at radius 2 is 2.08 bits per heavy atom. The van der Waals surface area contributed by atoms with Crippen molar-refractivity contribution in [2.75, 3.05) is 36.5 Å². The molecule has 2 aromatic rings. The molecule has 1 fully saturated rings. The number of thiocarbonyl (C=S) groups is 1. The molecular weight excluding hydrogens is 376 g/mol. The van der Waals surface area contributed by atoms with E-state index in [1.54, 1.807) is 29.6 Å². The van der Waals surface area contributed by atoms with Gasteiger partial charge in [-0.1, -0.05) is 6.07 Å². The molecule has 1 amide bonds. The highest BCUT2D eigenvalue weighted by atomic mass is 32.1. The number of morpholine rings is 1. The fourth-order valence-corrected chi connectivity index (χ4v) is 3.38. The van der Waals surface area contributed by atoms with Crippen molar-refractivity contribution in [2.24, 2.45) is 0 Å². The average Bonchev–Trinajstić information content (AvgIpc) is 3.17. The number of nitro groups is 1. The van der Waals surface area contributed by atoms with Crippen LogP contribution in [-0.4, -0.2) is 42.2 Å². The second kappa shape index (κ2) is 8.21. The van der Waals surface area contributed by atoms with E-state index in [0.29, 0.717) is 42.6 Å². The molecule has 1 aliphatic rings. The molecule has 0 bridgehead atoms. The van der Waals surface area contributed by atoms with Crippen LogP contribution in [0.25, 0.3) is 0 Å². The normalized spacial score (nSPS) is 13.9. The maximum atomic E-state index is 12.0. The SMILES string of the molecule is O=C(NC(=S)Nc1ccc(N2CCOCC2)c([N+](=O)[O-])c1)c1cccs1. The van der Waals surface area contributed by atoms with E-state index in [1.807, 2.05) is 4.90 Å². The minimum Gasteiger partial charge on any atom is -0.378 e. The van der Waals surface area contributed by atoms with E-state index in [1.165, 1.54) is 17.4 Å². The van der Waals surface area contributed by atoms with Gasteiger partial charge in [-0.25, -0.2) is 0 Å². The van der Waals surface area contributed by atoms with E-state index in [0.717, 1.165) is 0 Å². The first-order valence-corrected chi connectivity index (χ1v) is 9.10. The Morgan fingerprint density at radius 3 is 2.73 bits per heavy atom. The topological polar surface area (TPSA) is 96.7 Å². The van der Waals surface area contributed by atoms with E-state index in [9.17, 15) is 14.9 Å². The predicted octanol–water partition coefficient (Wildman–Crippen LogP) is 2.62. The van der Waals surface area contributed by atoms with Crippen LogP contribution in [0.2, 0.25) is 0 Å². The first-order valence-electron chi connectivity index (χ1n) is 7.81. The number of carbonyl (C=O) groups excluding carboxylic acids is 1. The van der Waals surface area contributed by atoms with E-state index in [-0.39, 0.29) is 16.7 Å². The molecule has 0 saturated carbocycles. The lowest BCUT2D eigenvalue weighted by atomic mass is 10.2. The van der Waals surface area contributed by atoms with Gasteiger partial charge in [0.2, 0.25) is 0 Å². The summed E-state index contributed by atoms with van der Waals surface area (Å²) in [4.78, 5) is 25.5. The number of nitrogens with one attached hydrogen (secondary N) is 2. The summed E-state index contributed by atoms with van der Waals surface area (Å²) in [6, 6.07) is 8.24. The highest BCUT2D eigenvalue weighted by Gasteiger charge is 2.22. The minimum atomic E-state index is -0.427. The fourth-order valence-electron chi connectivity index (χ4n) is 2.55. The molecule has 0 aliphatic carbocycles. The summed E-state index contributed by atoms with van der Waals surface area (Å²) in [5.41, 5.74) is 0.951. The summed E-state index contributed by atoms with van der Waals surface area (Å²) in [6.07, 6.45) is 0. The quantitative estimate of drug-likeness (QED) is 0.469. The molecule has 26 heavy (non-hydrogen) atoms. The van der Waals surface area contributed by atoms with Gasteiger partial charge in [0.05, 0.1) is 23.0 Å². The monoisotopic (exact) mass is 392 g/mol.